The van der Waals surface area contributed by atoms with Gasteiger partial charge < -0.3 is 10.1 Å². The highest BCUT2D eigenvalue weighted by molar-refractivity contribution is 9.10. The minimum atomic E-state index is -0.522. The fraction of sp³-hybridized carbons (Fsp3) is 0.143. The number of thiophene rings is 1. The van der Waals surface area contributed by atoms with Crippen molar-refractivity contribution in [1.29, 1.82) is 0 Å². The Balaban J connectivity index is 2.13. The molecule has 1 aromatic carbocycles. The molecule has 4 nitrogen and oxygen atoms in total. The molecular weight excluding hydrogens is 361 g/mol. The Bertz CT molecular complexity index is 687. The van der Waals surface area contributed by atoms with E-state index in [0.29, 0.717) is 20.6 Å². The van der Waals surface area contributed by atoms with E-state index in [1.54, 1.807) is 17.5 Å². The van der Waals surface area contributed by atoms with Crippen molar-refractivity contribution in [3.8, 4) is 0 Å². The van der Waals surface area contributed by atoms with Crippen LogP contribution in [-0.4, -0.2) is 19.0 Å². The molecule has 0 saturated carbocycles. The van der Waals surface area contributed by atoms with Crippen molar-refractivity contribution in [2.24, 2.45) is 0 Å². The van der Waals surface area contributed by atoms with Crippen molar-refractivity contribution in [2.45, 2.75) is 6.42 Å². The molecule has 1 heterocycles. The van der Waals surface area contributed by atoms with Crippen LogP contribution in [0.15, 0.2) is 34.1 Å². The van der Waals surface area contributed by atoms with Gasteiger partial charge in [0.15, 0.2) is 0 Å². The first kappa shape index (κ1) is 15.7. The monoisotopic (exact) mass is 371 g/mol. The van der Waals surface area contributed by atoms with E-state index in [2.05, 4.69) is 26.0 Å². The Morgan fingerprint density at radius 3 is 2.86 bits per heavy atom. The van der Waals surface area contributed by atoms with Crippen LogP contribution in [0, 0.1) is 5.82 Å². The number of rotatable bonds is 4. The Hall–Kier alpha value is -1.73. The van der Waals surface area contributed by atoms with Crippen LogP contribution in [0.1, 0.15) is 15.2 Å². The molecule has 110 valence electrons. The summed E-state index contributed by atoms with van der Waals surface area (Å²) in [4.78, 5) is 23.9. The largest absolute Gasteiger partial charge is 0.465 e. The van der Waals surface area contributed by atoms with E-state index < -0.39 is 11.8 Å². The van der Waals surface area contributed by atoms with Gasteiger partial charge in [0.25, 0.3) is 0 Å². The molecule has 0 radical (unpaired) electrons. The quantitative estimate of drug-likeness (QED) is 0.835. The van der Waals surface area contributed by atoms with Crippen molar-refractivity contribution in [3.63, 3.8) is 0 Å². The lowest BCUT2D eigenvalue weighted by atomic mass is 10.1. The van der Waals surface area contributed by atoms with E-state index in [4.69, 9.17) is 0 Å². The summed E-state index contributed by atoms with van der Waals surface area (Å²) in [6, 6.07) is 5.81. The Labute approximate surface area is 133 Å². The topological polar surface area (TPSA) is 55.4 Å². The van der Waals surface area contributed by atoms with Crippen molar-refractivity contribution in [2.75, 3.05) is 12.4 Å². The highest BCUT2D eigenvalue weighted by atomic mass is 79.9. The van der Waals surface area contributed by atoms with E-state index >= 15 is 0 Å². The van der Waals surface area contributed by atoms with E-state index in [0.717, 1.165) is 11.3 Å². The van der Waals surface area contributed by atoms with Crippen LogP contribution < -0.4 is 5.32 Å². The molecule has 1 aromatic heterocycles. The van der Waals surface area contributed by atoms with Gasteiger partial charge in [-0.15, -0.1) is 11.3 Å². The van der Waals surface area contributed by atoms with Crippen LogP contribution in [0.25, 0.3) is 0 Å². The summed E-state index contributed by atoms with van der Waals surface area (Å²) in [6.07, 6.45) is 0.0145. The minimum Gasteiger partial charge on any atom is -0.465 e. The summed E-state index contributed by atoms with van der Waals surface area (Å²) in [6.45, 7) is 0. The summed E-state index contributed by atoms with van der Waals surface area (Å²) >= 11 is 4.43. The predicted molar refractivity (Wildman–Crippen MR) is 82.1 cm³/mol. The average molecular weight is 372 g/mol. The number of halogens is 2. The summed E-state index contributed by atoms with van der Waals surface area (Å²) in [7, 11) is 1.27. The van der Waals surface area contributed by atoms with Gasteiger partial charge in [0.1, 0.15) is 10.7 Å². The second kappa shape index (κ2) is 6.82. The van der Waals surface area contributed by atoms with Crippen LogP contribution in [-0.2, 0) is 16.0 Å². The predicted octanol–water partition coefficient (Wildman–Crippen LogP) is 3.62. The first-order valence-electron chi connectivity index (χ1n) is 5.91. The number of nitrogens with one attached hydrogen (secondary N) is 1. The number of esters is 1. The Morgan fingerprint density at radius 2 is 2.19 bits per heavy atom. The summed E-state index contributed by atoms with van der Waals surface area (Å²) in [5, 5.41) is 4.33. The summed E-state index contributed by atoms with van der Waals surface area (Å²) < 4.78 is 18.3. The Morgan fingerprint density at radius 1 is 1.43 bits per heavy atom. The van der Waals surface area contributed by atoms with Crippen LogP contribution in [0.4, 0.5) is 10.1 Å². The highest BCUT2D eigenvalue weighted by Gasteiger charge is 2.19. The number of carbonyl (C=O) groups is 2. The lowest BCUT2D eigenvalue weighted by Gasteiger charge is -2.07. The fourth-order valence-electron chi connectivity index (χ4n) is 1.71. The number of anilines is 1. The molecule has 0 aliphatic heterocycles. The van der Waals surface area contributed by atoms with Crippen molar-refractivity contribution >= 4 is 44.8 Å². The number of methoxy groups -OCH3 is 1. The first-order valence-corrected chi connectivity index (χ1v) is 7.58. The molecule has 2 aromatic rings. The molecule has 2 rings (SSSR count). The van der Waals surface area contributed by atoms with Gasteiger partial charge in [0.2, 0.25) is 5.91 Å². The molecule has 0 fully saturated rings. The third-order valence-electron chi connectivity index (χ3n) is 2.64. The molecule has 0 bridgehead atoms. The molecule has 0 aliphatic rings. The molecular formula is C14H11BrFNO3S. The Kier molecular flexibility index (Phi) is 5.08. The van der Waals surface area contributed by atoms with Crippen LogP contribution in [0.5, 0.6) is 0 Å². The summed E-state index contributed by atoms with van der Waals surface area (Å²) in [5.41, 5.74) is 0.923. The minimum absolute atomic E-state index is 0.0145. The van der Waals surface area contributed by atoms with Gasteiger partial charge in [-0.05, 0) is 33.6 Å². The number of carbonyl (C=O) groups excluding carboxylic acids is 2. The van der Waals surface area contributed by atoms with E-state index in [1.165, 1.54) is 19.2 Å². The van der Waals surface area contributed by atoms with Gasteiger partial charge in [-0.25, -0.2) is 9.18 Å². The maximum Gasteiger partial charge on any atom is 0.350 e. The SMILES string of the molecule is COC(=O)c1scc(Br)c1NC(=O)Cc1cccc(F)c1. The zero-order chi connectivity index (χ0) is 15.4. The number of hydrogen-bond donors (Lipinski definition) is 1. The maximum atomic E-state index is 13.1. The van der Waals surface area contributed by atoms with Crippen molar-refractivity contribution < 1.29 is 18.7 Å². The third kappa shape index (κ3) is 3.89. The fourth-order valence-corrected chi connectivity index (χ4v) is 3.22. The normalized spacial score (nSPS) is 10.2. The molecule has 7 heteroatoms. The standard InChI is InChI=1S/C14H11BrFNO3S/c1-20-14(19)13-12(10(15)7-21-13)17-11(18)6-8-3-2-4-9(16)5-8/h2-5,7H,6H2,1H3,(H,17,18). The second-order valence-electron chi connectivity index (χ2n) is 4.13. The molecule has 21 heavy (non-hydrogen) atoms. The first-order chi connectivity index (χ1) is 10.0. The van der Waals surface area contributed by atoms with Crippen LogP contribution >= 0.6 is 27.3 Å². The number of ether oxygens (including phenoxy) is 1. The van der Waals surface area contributed by atoms with Crippen molar-refractivity contribution in [1.82, 2.24) is 0 Å². The number of amides is 1. The van der Waals surface area contributed by atoms with Gasteiger partial charge in [-0.3, -0.25) is 4.79 Å². The smallest absolute Gasteiger partial charge is 0.350 e. The van der Waals surface area contributed by atoms with Gasteiger partial charge in [-0.2, -0.15) is 0 Å². The summed E-state index contributed by atoms with van der Waals surface area (Å²) in [5.74, 6) is -1.26. The number of benzene rings is 1. The molecule has 0 unspecified atom stereocenters. The van der Waals surface area contributed by atoms with E-state index in [-0.39, 0.29) is 12.3 Å². The lowest BCUT2D eigenvalue weighted by molar-refractivity contribution is -0.115. The van der Waals surface area contributed by atoms with Crippen LogP contribution in [0.3, 0.4) is 0 Å². The van der Waals surface area contributed by atoms with Crippen molar-refractivity contribution in [3.05, 3.63) is 50.4 Å². The van der Waals surface area contributed by atoms with E-state index in [1.807, 2.05) is 0 Å². The highest BCUT2D eigenvalue weighted by Crippen LogP contribution is 2.33. The average Bonchev–Trinajstić information content (AvgIpc) is 2.79. The molecule has 0 aliphatic carbocycles. The van der Waals surface area contributed by atoms with Gasteiger partial charge in [-0.1, -0.05) is 12.1 Å². The molecule has 0 spiro atoms. The zero-order valence-corrected chi connectivity index (χ0v) is 13.4. The van der Waals surface area contributed by atoms with Gasteiger partial charge in [0.05, 0.1) is 23.7 Å². The zero-order valence-electron chi connectivity index (χ0n) is 11.0. The third-order valence-corrected chi connectivity index (χ3v) is 4.52. The maximum absolute atomic E-state index is 13.1. The van der Waals surface area contributed by atoms with Gasteiger partial charge in [0, 0.05) is 5.38 Å². The molecule has 0 atom stereocenters. The lowest BCUT2D eigenvalue weighted by Crippen LogP contribution is -2.16. The molecule has 1 N–H and O–H groups in total. The number of hydrogen-bond acceptors (Lipinski definition) is 4. The van der Waals surface area contributed by atoms with Crippen LogP contribution in [0.2, 0.25) is 0 Å². The van der Waals surface area contributed by atoms with E-state index in [9.17, 15) is 14.0 Å². The molecule has 1 amide bonds. The second-order valence-corrected chi connectivity index (χ2v) is 5.87. The van der Waals surface area contributed by atoms with Gasteiger partial charge >= 0.3 is 5.97 Å². The molecule has 0 saturated heterocycles.